The molecule has 3 aliphatic carbocycles. The average Bonchev–Trinajstić information content (AvgIpc) is 2.81. The quantitative estimate of drug-likeness (QED) is 0.715. The summed E-state index contributed by atoms with van der Waals surface area (Å²) in [5.41, 5.74) is 0.338. The fourth-order valence-electron chi connectivity index (χ4n) is 4.81. The minimum atomic E-state index is -0.336. The number of hydrogen-bond acceptors (Lipinski definition) is 2. The van der Waals surface area contributed by atoms with Gasteiger partial charge in [0, 0.05) is 17.8 Å². The summed E-state index contributed by atoms with van der Waals surface area (Å²) in [5.74, 6) is 2.12. The fraction of sp³-hybridized carbons (Fsp3) is 0.750. The van der Waals surface area contributed by atoms with Crippen LogP contribution in [0.5, 0.6) is 0 Å². The lowest BCUT2D eigenvalue weighted by Crippen LogP contribution is -2.37. The van der Waals surface area contributed by atoms with Gasteiger partial charge in [-0.2, -0.15) is 5.26 Å². The summed E-state index contributed by atoms with van der Waals surface area (Å²) >= 11 is 0. The first kappa shape index (κ1) is 15.7. The molecule has 2 fully saturated rings. The van der Waals surface area contributed by atoms with Gasteiger partial charge in [0.25, 0.3) is 0 Å². The third kappa shape index (κ3) is 2.13. The van der Waals surface area contributed by atoms with E-state index in [1.165, 1.54) is 19.3 Å². The van der Waals surface area contributed by atoms with Gasteiger partial charge in [0.1, 0.15) is 6.10 Å². The molecule has 0 amide bonds. The van der Waals surface area contributed by atoms with E-state index in [1.807, 2.05) is 13.8 Å². The van der Waals surface area contributed by atoms with Crippen LogP contribution in [-0.4, -0.2) is 6.10 Å². The van der Waals surface area contributed by atoms with Crippen molar-refractivity contribution in [3.63, 3.8) is 0 Å². The first-order valence-electron chi connectivity index (χ1n) is 8.66. The number of rotatable bonds is 3. The number of nitrogens with zero attached hydrogens (tertiary/aromatic N) is 1. The van der Waals surface area contributed by atoms with Crippen molar-refractivity contribution in [1.82, 2.24) is 0 Å². The molecule has 2 nitrogen and oxygen atoms in total. The molecular formula is C20H29NO. The van der Waals surface area contributed by atoms with Crippen molar-refractivity contribution in [2.24, 2.45) is 28.1 Å². The van der Waals surface area contributed by atoms with E-state index in [1.54, 1.807) is 0 Å². The summed E-state index contributed by atoms with van der Waals surface area (Å²) in [6, 6.07) is 2.44. The molecule has 0 radical (unpaired) electrons. The van der Waals surface area contributed by atoms with Crippen LogP contribution in [0.1, 0.15) is 60.3 Å². The van der Waals surface area contributed by atoms with Crippen LogP contribution in [0.4, 0.5) is 0 Å². The monoisotopic (exact) mass is 299 g/mol. The smallest absolute Gasteiger partial charge is 0.104 e. The first-order chi connectivity index (χ1) is 10.2. The van der Waals surface area contributed by atoms with Crippen LogP contribution in [0.3, 0.4) is 0 Å². The second kappa shape index (κ2) is 4.88. The highest BCUT2D eigenvalue weighted by molar-refractivity contribution is 5.21. The molecule has 0 unspecified atom stereocenters. The van der Waals surface area contributed by atoms with E-state index in [0.29, 0.717) is 16.9 Å². The van der Waals surface area contributed by atoms with Crippen LogP contribution >= 0.6 is 0 Å². The van der Waals surface area contributed by atoms with Gasteiger partial charge in [0.15, 0.2) is 0 Å². The highest BCUT2D eigenvalue weighted by Crippen LogP contribution is 2.66. The Balaban J connectivity index is 1.72. The van der Waals surface area contributed by atoms with Gasteiger partial charge >= 0.3 is 0 Å². The van der Waals surface area contributed by atoms with Crippen LogP contribution in [0.2, 0.25) is 0 Å². The molecule has 2 heteroatoms. The van der Waals surface area contributed by atoms with Crippen molar-refractivity contribution in [2.75, 3.05) is 0 Å². The Labute approximate surface area is 135 Å². The summed E-state index contributed by atoms with van der Waals surface area (Å²) in [4.78, 5) is 0. The maximum Gasteiger partial charge on any atom is 0.104 e. The minimum absolute atomic E-state index is 0.247. The zero-order valence-corrected chi connectivity index (χ0v) is 14.6. The van der Waals surface area contributed by atoms with Crippen molar-refractivity contribution in [1.29, 1.82) is 5.26 Å². The second-order valence-electron chi connectivity index (χ2n) is 8.88. The van der Waals surface area contributed by atoms with Gasteiger partial charge in [0.05, 0.1) is 17.2 Å². The highest BCUT2D eigenvalue weighted by atomic mass is 16.5. The Bertz CT molecular complexity index is 563. The standard InChI is InChI=1S/C20H29NO/c1-18(2,13-21)14-7-6-8-16(11-14)22-17-12-15-9-10-20(17,5)19(15,3)4/h6-8,14-15,17H,9-12H2,1-5H3/t14-,15-,17+,20+/m0/s1. The van der Waals surface area contributed by atoms with Crippen LogP contribution in [0, 0.1) is 39.4 Å². The molecule has 0 aliphatic heterocycles. The predicted molar refractivity (Wildman–Crippen MR) is 88.8 cm³/mol. The largest absolute Gasteiger partial charge is 0.494 e. The van der Waals surface area contributed by atoms with Gasteiger partial charge in [-0.05, 0) is 50.5 Å². The van der Waals surface area contributed by atoms with Crippen molar-refractivity contribution >= 4 is 0 Å². The normalized spacial score (nSPS) is 39.5. The van der Waals surface area contributed by atoms with E-state index in [-0.39, 0.29) is 11.3 Å². The fourth-order valence-corrected chi connectivity index (χ4v) is 4.81. The highest BCUT2D eigenvalue weighted by Gasteiger charge is 2.62. The zero-order valence-electron chi connectivity index (χ0n) is 14.6. The van der Waals surface area contributed by atoms with Gasteiger partial charge in [-0.3, -0.25) is 0 Å². The van der Waals surface area contributed by atoms with Gasteiger partial charge in [-0.1, -0.05) is 32.9 Å². The molecule has 0 spiro atoms. The molecule has 3 rings (SSSR count). The molecule has 0 aromatic carbocycles. The maximum atomic E-state index is 9.37. The van der Waals surface area contributed by atoms with Gasteiger partial charge in [0.2, 0.25) is 0 Å². The van der Waals surface area contributed by atoms with Crippen molar-refractivity contribution in [3.05, 3.63) is 24.0 Å². The summed E-state index contributed by atoms with van der Waals surface area (Å²) in [7, 11) is 0. The lowest BCUT2D eigenvalue weighted by molar-refractivity contribution is -0.0178. The second-order valence-corrected chi connectivity index (χ2v) is 8.88. The third-order valence-electron chi connectivity index (χ3n) is 7.27. The summed E-state index contributed by atoms with van der Waals surface area (Å²) < 4.78 is 6.50. The summed E-state index contributed by atoms with van der Waals surface area (Å²) in [6.45, 7) is 11.3. The zero-order chi connectivity index (χ0) is 16.2. The molecule has 4 atom stereocenters. The molecular weight excluding hydrogens is 270 g/mol. The van der Waals surface area contributed by atoms with Gasteiger partial charge in [-0.15, -0.1) is 0 Å². The van der Waals surface area contributed by atoms with Gasteiger partial charge in [-0.25, -0.2) is 0 Å². The van der Waals surface area contributed by atoms with E-state index < -0.39 is 0 Å². The first-order valence-corrected chi connectivity index (χ1v) is 8.66. The topological polar surface area (TPSA) is 33.0 Å². The number of nitriles is 1. The molecule has 2 saturated carbocycles. The maximum absolute atomic E-state index is 9.37. The van der Waals surface area contributed by atoms with Crippen molar-refractivity contribution in [2.45, 2.75) is 66.4 Å². The summed E-state index contributed by atoms with van der Waals surface area (Å²) in [6.07, 6.45) is 11.4. The van der Waals surface area contributed by atoms with E-state index >= 15 is 0 Å². The van der Waals surface area contributed by atoms with E-state index in [0.717, 1.165) is 18.1 Å². The molecule has 0 heterocycles. The van der Waals surface area contributed by atoms with Gasteiger partial charge < -0.3 is 4.74 Å². The van der Waals surface area contributed by atoms with Crippen molar-refractivity contribution < 1.29 is 4.74 Å². The van der Waals surface area contributed by atoms with E-state index in [4.69, 9.17) is 4.74 Å². The lowest BCUT2D eigenvalue weighted by Gasteiger charge is -2.40. The molecule has 120 valence electrons. The molecule has 3 aliphatic rings. The molecule has 22 heavy (non-hydrogen) atoms. The molecule has 0 saturated heterocycles. The lowest BCUT2D eigenvalue weighted by atomic mass is 9.70. The van der Waals surface area contributed by atoms with Crippen LogP contribution in [0.15, 0.2) is 24.0 Å². The third-order valence-corrected chi connectivity index (χ3v) is 7.27. The van der Waals surface area contributed by atoms with Crippen LogP contribution < -0.4 is 0 Å². The van der Waals surface area contributed by atoms with Crippen LogP contribution in [0.25, 0.3) is 0 Å². The number of fused-ring (bicyclic) bond motifs is 2. The minimum Gasteiger partial charge on any atom is -0.494 e. The molecule has 0 N–H and O–H groups in total. The Morgan fingerprint density at radius 1 is 1.32 bits per heavy atom. The Morgan fingerprint density at radius 2 is 2.05 bits per heavy atom. The van der Waals surface area contributed by atoms with E-state index in [2.05, 4.69) is 45.1 Å². The molecule has 2 bridgehead atoms. The molecule has 0 aromatic rings. The average molecular weight is 299 g/mol. The van der Waals surface area contributed by atoms with E-state index in [9.17, 15) is 5.26 Å². The van der Waals surface area contributed by atoms with Crippen molar-refractivity contribution in [3.8, 4) is 6.07 Å². The van der Waals surface area contributed by atoms with Crippen LogP contribution in [-0.2, 0) is 4.74 Å². The Morgan fingerprint density at radius 3 is 2.59 bits per heavy atom. The SMILES string of the molecule is CC(C)(C#N)[C@H]1C=CC=C(O[C@@H]2C[C@@H]3CC[C@@]2(C)C3(C)C)C1. The number of hydrogen-bond donors (Lipinski definition) is 0. The number of ether oxygens (including phenoxy) is 1. The predicted octanol–water partition coefficient (Wildman–Crippen LogP) is 5.23. The summed E-state index contributed by atoms with van der Waals surface area (Å²) in [5, 5.41) is 9.37. The Hall–Kier alpha value is -1.23. The Kier molecular flexibility index (Phi) is 3.47. The molecule has 0 aromatic heterocycles. The number of allylic oxidation sites excluding steroid dienone is 4.